The second kappa shape index (κ2) is 6.50. The predicted octanol–water partition coefficient (Wildman–Crippen LogP) is 0.554. The lowest BCUT2D eigenvalue weighted by Gasteiger charge is -2.16. The summed E-state index contributed by atoms with van der Waals surface area (Å²) in [7, 11) is 3.50. The number of aliphatic hydroxyl groups is 1. The Morgan fingerprint density at radius 3 is 3.05 bits per heavy atom. The summed E-state index contributed by atoms with van der Waals surface area (Å²) in [6, 6.07) is 0.110. The third kappa shape index (κ3) is 3.31. The van der Waals surface area contributed by atoms with Crippen LogP contribution in [0.15, 0.2) is 24.9 Å². The van der Waals surface area contributed by atoms with Gasteiger partial charge in [0.2, 0.25) is 5.88 Å². The summed E-state index contributed by atoms with van der Waals surface area (Å²) in [4.78, 5) is 4.06. The summed E-state index contributed by atoms with van der Waals surface area (Å²) in [6.07, 6.45) is 8.99. The maximum Gasteiger partial charge on any atom is 0.237 e. The van der Waals surface area contributed by atoms with E-state index in [2.05, 4.69) is 20.0 Å². The van der Waals surface area contributed by atoms with Gasteiger partial charge in [0.25, 0.3) is 0 Å². The van der Waals surface area contributed by atoms with Crippen LogP contribution in [0.25, 0.3) is 0 Å². The number of aliphatic hydroxyl groups excluding tert-OH is 1. The van der Waals surface area contributed by atoms with Gasteiger partial charge < -0.3 is 19.7 Å². The molecule has 1 unspecified atom stereocenters. The standard InChI is InChI=1S/C15H23N5O2/c1-19-9-12(15(18-19)22-2)7-17-13-5-11(6-14(13)21)8-20-4-3-16-10-20/h3-4,9-11,13-14,17,21H,5-8H2,1-2H3/t11?,13-,14-/m1/s1. The minimum absolute atomic E-state index is 0.110. The summed E-state index contributed by atoms with van der Waals surface area (Å²) >= 11 is 0. The molecule has 1 aliphatic carbocycles. The third-order valence-corrected chi connectivity index (χ3v) is 4.27. The number of rotatable bonds is 6. The Morgan fingerprint density at radius 1 is 1.45 bits per heavy atom. The van der Waals surface area contributed by atoms with E-state index in [1.54, 1.807) is 18.0 Å². The van der Waals surface area contributed by atoms with Crippen molar-refractivity contribution < 1.29 is 9.84 Å². The maximum absolute atomic E-state index is 10.3. The highest BCUT2D eigenvalue weighted by Crippen LogP contribution is 2.28. The molecule has 2 aromatic rings. The number of aromatic nitrogens is 4. The molecule has 3 rings (SSSR count). The zero-order chi connectivity index (χ0) is 15.5. The van der Waals surface area contributed by atoms with E-state index in [0.29, 0.717) is 18.3 Å². The van der Waals surface area contributed by atoms with Crippen LogP contribution in [0.2, 0.25) is 0 Å². The average molecular weight is 305 g/mol. The molecule has 2 aromatic heterocycles. The SMILES string of the molecule is COc1nn(C)cc1CN[C@@H]1CC(Cn2ccnc2)C[C@H]1O. The van der Waals surface area contributed by atoms with Crippen LogP contribution in [0.5, 0.6) is 5.88 Å². The fraction of sp³-hybridized carbons (Fsp3) is 0.600. The normalized spacial score (nSPS) is 24.8. The van der Waals surface area contributed by atoms with E-state index in [1.165, 1.54) is 0 Å². The van der Waals surface area contributed by atoms with E-state index in [1.807, 2.05) is 25.8 Å². The minimum atomic E-state index is -0.309. The molecule has 0 saturated heterocycles. The quantitative estimate of drug-likeness (QED) is 0.815. The zero-order valence-corrected chi connectivity index (χ0v) is 13.0. The molecule has 1 saturated carbocycles. The molecule has 2 heterocycles. The van der Waals surface area contributed by atoms with Gasteiger partial charge in [-0.1, -0.05) is 0 Å². The first kappa shape index (κ1) is 15.1. The van der Waals surface area contributed by atoms with Crippen LogP contribution in [0.4, 0.5) is 0 Å². The topological polar surface area (TPSA) is 77.1 Å². The van der Waals surface area contributed by atoms with Crippen molar-refractivity contribution in [1.82, 2.24) is 24.6 Å². The molecule has 0 aliphatic heterocycles. The third-order valence-electron chi connectivity index (χ3n) is 4.27. The Balaban J connectivity index is 1.54. The molecule has 1 aliphatic rings. The summed E-state index contributed by atoms with van der Waals surface area (Å²) in [5, 5.41) is 17.9. The van der Waals surface area contributed by atoms with Crippen LogP contribution in [0.1, 0.15) is 18.4 Å². The van der Waals surface area contributed by atoms with Gasteiger partial charge in [0.1, 0.15) is 0 Å². The fourth-order valence-electron chi connectivity index (χ4n) is 3.23. The number of aryl methyl sites for hydroxylation is 1. The van der Waals surface area contributed by atoms with E-state index in [4.69, 9.17) is 4.74 Å². The van der Waals surface area contributed by atoms with Crippen LogP contribution in [-0.2, 0) is 20.1 Å². The molecule has 0 spiro atoms. The van der Waals surface area contributed by atoms with E-state index < -0.39 is 0 Å². The lowest BCUT2D eigenvalue weighted by atomic mass is 10.1. The van der Waals surface area contributed by atoms with Crippen molar-refractivity contribution in [2.75, 3.05) is 7.11 Å². The minimum Gasteiger partial charge on any atom is -0.480 e. The predicted molar refractivity (Wildman–Crippen MR) is 81.3 cm³/mol. The molecule has 7 nitrogen and oxygen atoms in total. The first-order valence-electron chi connectivity index (χ1n) is 7.59. The van der Waals surface area contributed by atoms with Gasteiger partial charge in [0.05, 0.1) is 19.5 Å². The first-order valence-corrected chi connectivity index (χ1v) is 7.59. The molecule has 1 fully saturated rings. The van der Waals surface area contributed by atoms with Crippen molar-refractivity contribution in [1.29, 1.82) is 0 Å². The number of methoxy groups -OCH3 is 1. The van der Waals surface area contributed by atoms with E-state index in [0.717, 1.165) is 24.9 Å². The van der Waals surface area contributed by atoms with E-state index >= 15 is 0 Å². The lowest BCUT2D eigenvalue weighted by Crippen LogP contribution is -2.35. The number of imidazole rings is 1. The van der Waals surface area contributed by atoms with Crippen molar-refractivity contribution in [2.24, 2.45) is 13.0 Å². The number of hydrogen-bond donors (Lipinski definition) is 2. The molecule has 3 atom stereocenters. The molecule has 0 radical (unpaired) electrons. The van der Waals surface area contributed by atoms with E-state index in [9.17, 15) is 5.11 Å². The second-order valence-electron chi connectivity index (χ2n) is 5.99. The summed E-state index contributed by atoms with van der Waals surface area (Å²) < 4.78 is 9.07. The van der Waals surface area contributed by atoms with Crippen molar-refractivity contribution in [2.45, 2.75) is 38.1 Å². The van der Waals surface area contributed by atoms with Gasteiger partial charge in [-0.05, 0) is 18.8 Å². The lowest BCUT2D eigenvalue weighted by molar-refractivity contribution is 0.145. The van der Waals surface area contributed by atoms with Gasteiger partial charge in [-0.25, -0.2) is 4.98 Å². The number of nitrogens with zero attached hydrogens (tertiary/aromatic N) is 4. The van der Waals surface area contributed by atoms with Crippen LogP contribution in [0.3, 0.4) is 0 Å². The van der Waals surface area contributed by atoms with Gasteiger partial charge >= 0.3 is 0 Å². The van der Waals surface area contributed by atoms with E-state index in [-0.39, 0.29) is 12.1 Å². The molecule has 22 heavy (non-hydrogen) atoms. The molecular weight excluding hydrogens is 282 g/mol. The highest BCUT2D eigenvalue weighted by molar-refractivity contribution is 5.23. The fourth-order valence-corrected chi connectivity index (χ4v) is 3.23. The van der Waals surface area contributed by atoms with Gasteiger partial charge in [-0.3, -0.25) is 4.68 Å². The number of nitrogens with one attached hydrogen (secondary N) is 1. The molecule has 7 heteroatoms. The second-order valence-corrected chi connectivity index (χ2v) is 5.99. The van der Waals surface area contributed by atoms with Crippen LogP contribution >= 0.6 is 0 Å². The highest BCUT2D eigenvalue weighted by Gasteiger charge is 2.32. The Labute approximate surface area is 129 Å². The Bertz CT molecular complexity index is 595. The Morgan fingerprint density at radius 2 is 2.32 bits per heavy atom. The van der Waals surface area contributed by atoms with Crippen molar-refractivity contribution >= 4 is 0 Å². The first-order chi connectivity index (χ1) is 10.7. The van der Waals surface area contributed by atoms with Gasteiger partial charge in [0.15, 0.2) is 0 Å². The Kier molecular flexibility index (Phi) is 4.44. The summed E-state index contributed by atoms with van der Waals surface area (Å²) in [5.74, 6) is 1.11. The monoisotopic (exact) mass is 305 g/mol. The summed E-state index contributed by atoms with van der Waals surface area (Å²) in [5.41, 5.74) is 1.01. The van der Waals surface area contributed by atoms with Crippen LogP contribution in [-0.4, -0.2) is 43.7 Å². The van der Waals surface area contributed by atoms with Crippen molar-refractivity contribution in [3.63, 3.8) is 0 Å². The van der Waals surface area contributed by atoms with Gasteiger partial charge in [-0.2, -0.15) is 0 Å². The molecule has 2 N–H and O–H groups in total. The number of hydrogen-bond acceptors (Lipinski definition) is 5. The molecule has 120 valence electrons. The van der Waals surface area contributed by atoms with Gasteiger partial charge in [-0.15, -0.1) is 5.10 Å². The highest BCUT2D eigenvalue weighted by atomic mass is 16.5. The Hall–Kier alpha value is -1.86. The largest absolute Gasteiger partial charge is 0.480 e. The van der Waals surface area contributed by atoms with Crippen LogP contribution in [0, 0.1) is 5.92 Å². The average Bonchev–Trinajstić information content (AvgIpc) is 3.18. The van der Waals surface area contributed by atoms with Crippen molar-refractivity contribution in [3.8, 4) is 5.88 Å². The zero-order valence-electron chi connectivity index (χ0n) is 13.0. The molecule has 0 aromatic carbocycles. The van der Waals surface area contributed by atoms with Gasteiger partial charge in [0, 0.05) is 50.3 Å². The molecule has 0 amide bonds. The van der Waals surface area contributed by atoms with Crippen molar-refractivity contribution in [3.05, 3.63) is 30.5 Å². The molecular formula is C15H23N5O2. The molecule has 0 bridgehead atoms. The summed E-state index contributed by atoms with van der Waals surface area (Å²) in [6.45, 7) is 1.56. The van der Waals surface area contributed by atoms with Crippen LogP contribution < -0.4 is 10.1 Å². The maximum atomic E-state index is 10.3. The number of ether oxygens (including phenoxy) is 1. The smallest absolute Gasteiger partial charge is 0.237 e.